The number of carbonyl (C=O) groups excluding carboxylic acids is 2. The topological polar surface area (TPSA) is 49.4 Å². The molecule has 0 radical (unpaired) electrons. The van der Waals surface area contributed by atoms with Crippen molar-refractivity contribution in [2.45, 2.75) is 72.4 Å². The first-order valence-corrected chi connectivity index (χ1v) is 7.18. The summed E-state index contributed by atoms with van der Waals surface area (Å²) in [6, 6.07) is -0.342. The third kappa shape index (κ3) is 4.22. The van der Waals surface area contributed by atoms with Gasteiger partial charge in [0.1, 0.15) is 12.6 Å². The van der Waals surface area contributed by atoms with Gasteiger partial charge in [0.15, 0.2) is 0 Å². The zero-order valence-corrected chi connectivity index (χ0v) is 13.2. The van der Waals surface area contributed by atoms with Crippen LogP contribution in [0.5, 0.6) is 0 Å². The molecular formula is C15H28N2O2. The predicted molar refractivity (Wildman–Crippen MR) is 76.7 cm³/mol. The second kappa shape index (κ2) is 5.51. The van der Waals surface area contributed by atoms with Crippen molar-refractivity contribution in [3.05, 3.63) is 0 Å². The molecule has 1 heterocycles. The Bertz CT molecular complexity index is 356. The average molecular weight is 268 g/mol. The lowest BCUT2D eigenvalue weighted by Gasteiger charge is -2.45. The highest BCUT2D eigenvalue weighted by molar-refractivity contribution is 5.95. The van der Waals surface area contributed by atoms with E-state index in [1.165, 1.54) is 0 Å². The molecule has 1 fully saturated rings. The second-order valence-corrected chi connectivity index (χ2v) is 7.38. The van der Waals surface area contributed by atoms with Crippen LogP contribution < -0.4 is 5.32 Å². The lowest BCUT2D eigenvalue weighted by molar-refractivity contribution is -0.151. The van der Waals surface area contributed by atoms with E-state index in [2.05, 4.69) is 39.9 Å². The van der Waals surface area contributed by atoms with Crippen LogP contribution in [0, 0.1) is 5.41 Å². The van der Waals surface area contributed by atoms with Crippen molar-refractivity contribution in [2.24, 2.45) is 5.41 Å². The van der Waals surface area contributed by atoms with Crippen molar-refractivity contribution in [3.8, 4) is 0 Å². The first kappa shape index (κ1) is 16.0. The molecule has 1 saturated heterocycles. The number of nitrogens with zero attached hydrogens (tertiary/aromatic N) is 1. The van der Waals surface area contributed by atoms with Gasteiger partial charge in [-0.1, -0.05) is 34.1 Å². The number of piperazine rings is 1. The van der Waals surface area contributed by atoms with Crippen LogP contribution in [0.15, 0.2) is 0 Å². The Morgan fingerprint density at radius 1 is 1.21 bits per heavy atom. The van der Waals surface area contributed by atoms with Gasteiger partial charge in [0.2, 0.25) is 11.8 Å². The Morgan fingerprint density at radius 3 is 2.26 bits per heavy atom. The van der Waals surface area contributed by atoms with Crippen LogP contribution in [0.2, 0.25) is 0 Å². The van der Waals surface area contributed by atoms with E-state index in [-0.39, 0.29) is 35.4 Å². The van der Waals surface area contributed by atoms with Gasteiger partial charge >= 0.3 is 0 Å². The molecule has 0 bridgehead atoms. The second-order valence-electron chi connectivity index (χ2n) is 7.38. The Balaban J connectivity index is 2.90. The van der Waals surface area contributed by atoms with Gasteiger partial charge in [-0.3, -0.25) is 9.59 Å². The van der Waals surface area contributed by atoms with E-state index in [0.717, 1.165) is 12.8 Å². The molecule has 110 valence electrons. The van der Waals surface area contributed by atoms with Gasteiger partial charge in [-0.05, 0) is 32.1 Å². The standard InChI is InChI=1S/C15H28N2O2/c1-7-8-11-13(19)17(9-12(18)16-11)15(5,6)10-14(2,3)4/h11H,7-10H2,1-6H3,(H,16,18). The molecule has 1 unspecified atom stereocenters. The molecule has 4 heteroatoms. The van der Waals surface area contributed by atoms with Crippen molar-refractivity contribution in [3.63, 3.8) is 0 Å². The molecule has 1 atom stereocenters. The van der Waals surface area contributed by atoms with E-state index in [4.69, 9.17) is 0 Å². The molecule has 0 aliphatic carbocycles. The van der Waals surface area contributed by atoms with Gasteiger partial charge in [-0.25, -0.2) is 0 Å². The van der Waals surface area contributed by atoms with Crippen molar-refractivity contribution in [2.75, 3.05) is 6.54 Å². The Labute approximate surface area is 116 Å². The summed E-state index contributed by atoms with van der Waals surface area (Å²) in [7, 11) is 0. The summed E-state index contributed by atoms with van der Waals surface area (Å²) < 4.78 is 0. The van der Waals surface area contributed by atoms with E-state index >= 15 is 0 Å². The Hall–Kier alpha value is -1.06. The van der Waals surface area contributed by atoms with E-state index < -0.39 is 0 Å². The zero-order valence-electron chi connectivity index (χ0n) is 13.2. The predicted octanol–water partition coefficient (Wildman–Crippen LogP) is 2.33. The average Bonchev–Trinajstić information content (AvgIpc) is 2.19. The summed E-state index contributed by atoms with van der Waals surface area (Å²) in [6.07, 6.45) is 2.48. The lowest BCUT2D eigenvalue weighted by atomic mass is 9.80. The van der Waals surface area contributed by atoms with Gasteiger partial charge in [-0.15, -0.1) is 0 Å². The summed E-state index contributed by atoms with van der Waals surface area (Å²) >= 11 is 0. The minimum absolute atomic E-state index is 0.0416. The maximum atomic E-state index is 12.5. The first-order chi connectivity index (χ1) is 8.57. The van der Waals surface area contributed by atoms with Crippen molar-refractivity contribution >= 4 is 11.8 Å². The molecule has 19 heavy (non-hydrogen) atoms. The smallest absolute Gasteiger partial charge is 0.246 e. The minimum Gasteiger partial charge on any atom is -0.343 e. The lowest BCUT2D eigenvalue weighted by Crippen LogP contribution is -2.64. The number of nitrogens with one attached hydrogen (secondary N) is 1. The maximum Gasteiger partial charge on any atom is 0.246 e. The van der Waals surface area contributed by atoms with Crippen LogP contribution in [-0.2, 0) is 9.59 Å². The fraction of sp³-hybridized carbons (Fsp3) is 0.867. The third-order valence-electron chi connectivity index (χ3n) is 3.47. The van der Waals surface area contributed by atoms with E-state index in [1.54, 1.807) is 4.90 Å². The van der Waals surface area contributed by atoms with Crippen molar-refractivity contribution in [1.29, 1.82) is 0 Å². The summed E-state index contributed by atoms with van der Waals surface area (Å²) in [4.78, 5) is 26.1. The molecule has 0 aromatic carbocycles. The number of hydrogen-bond donors (Lipinski definition) is 1. The fourth-order valence-corrected chi connectivity index (χ4v) is 3.10. The van der Waals surface area contributed by atoms with Crippen LogP contribution in [-0.4, -0.2) is 34.8 Å². The minimum atomic E-state index is -0.342. The maximum absolute atomic E-state index is 12.5. The van der Waals surface area contributed by atoms with Crippen LogP contribution in [0.1, 0.15) is 60.8 Å². The zero-order chi connectivity index (χ0) is 14.8. The number of carbonyl (C=O) groups is 2. The van der Waals surface area contributed by atoms with Gasteiger partial charge in [0.25, 0.3) is 0 Å². The van der Waals surface area contributed by atoms with Crippen LogP contribution >= 0.6 is 0 Å². The highest BCUT2D eigenvalue weighted by atomic mass is 16.2. The molecule has 0 saturated carbocycles. The van der Waals surface area contributed by atoms with Crippen LogP contribution in [0.3, 0.4) is 0 Å². The number of hydrogen-bond acceptors (Lipinski definition) is 2. The SMILES string of the molecule is CCCC1NC(=O)CN(C(C)(C)CC(C)(C)C)C1=O. The summed E-state index contributed by atoms with van der Waals surface area (Å²) in [5.41, 5.74) is -0.170. The van der Waals surface area contributed by atoms with Gasteiger partial charge in [0, 0.05) is 5.54 Å². The highest BCUT2D eigenvalue weighted by Gasteiger charge is 2.41. The van der Waals surface area contributed by atoms with E-state index in [9.17, 15) is 9.59 Å². The molecule has 2 amide bonds. The Morgan fingerprint density at radius 2 is 1.79 bits per heavy atom. The highest BCUT2D eigenvalue weighted by Crippen LogP contribution is 2.32. The molecule has 1 aliphatic rings. The number of amides is 2. The van der Waals surface area contributed by atoms with Gasteiger partial charge < -0.3 is 10.2 Å². The normalized spacial score (nSPS) is 21.6. The first-order valence-electron chi connectivity index (χ1n) is 7.18. The fourth-order valence-electron chi connectivity index (χ4n) is 3.10. The molecule has 0 aromatic heterocycles. The Kier molecular flexibility index (Phi) is 4.64. The quantitative estimate of drug-likeness (QED) is 0.850. The monoisotopic (exact) mass is 268 g/mol. The molecule has 1 aliphatic heterocycles. The molecular weight excluding hydrogens is 240 g/mol. The van der Waals surface area contributed by atoms with E-state index in [0.29, 0.717) is 6.42 Å². The van der Waals surface area contributed by atoms with Gasteiger partial charge in [0.05, 0.1) is 0 Å². The molecule has 1 rings (SSSR count). The summed E-state index contributed by atoms with van der Waals surface area (Å²) in [6.45, 7) is 12.8. The largest absolute Gasteiger partial charge is 0.343 e. The number of rotatable bonds is 4. The van der Waals surface area contributed by atoms with Crippen molar-refractivity contribution < 1.29 is 9.59 Å². The van der Waals surface area contributed by atoms with Crippen LogP contribution in [0.4, 0.5) is 0 Å². The summed E-state index contributed by atoms with van der Waals surface area (Å²) in [5.74, 6) is 0.0238. The van der Waals surface area contributed by atoms with Crippen molar-refractivity contribution in [1.82, 2.24) is 10.2 Å². The third-order valence-corrected chi connectivity index (χ3v) is 3.47. The molecule has 0 spiro atoms. The van der Waals surface area contributed by atoms with E-state index in [1.807, 2.05) is 6.92 Å². The molecule has 1 N–H and O–H groups in total. The molecule has 0 aromatic rings. The summed E-state index contributed by atoms with van der Waals surface area (Å²) in [5, 5.41) is 2.80. The molecule has 4 nitrogen and oxygen atoms in total. The van der Waals surface area contributed by atoms with Gasteiger partial charge in [-0.2, -0.15) is 0 Å². The van der Waals surface area contributed by atoms with Crippen LogP contribution in [0.25, 0.3) is 0 Å².